The van der Waals surface area contributed by atoms with Gasteiger partial charge in [0, 0.05) is 0 Å². The van der Waals surface area contributed by atoms with Crippen LogP contribution in [0.1, 0.15) is 0 Å². The Bertz CT molecular complexity index is 2390. The van der Waals surface area contributed by atoms with Crippen molar-refractivity contribution in [3.05, 3.63) is 0 Å². The van der Waals surface area contributed by atoms with Crippen molar-refractivity contribution >= 4 is 53.5 Å². The summed E-state index contributed by atoms with van der Waals surface area (Å²) in [6.45, 7) is -3.95. The Morgan fingerprint density at radius 3 is 1.34 bits per heavy atom. The van der Waals surface area contributed by atoms with E-state index >= 15 is 0 Å². The SMILES string of the molecule is N[C@H]1[C@@H](O[C@H]2[C@H](O)[C@@H](O)[C@H](O[C@H]3[C@H](OS(=O)(=O)O)[C@@H](N)[C@@H](O[C@H]4[C@H](O)[C@@H](OS(=O)(=O)O)[C@H](O[C@H]5[C@H](OS(=O)(=O)O)[C@@H](O)[C@@H](O)O[C@@H]5CO)O[C@H]4C(=O)O)O[C@@H]3CO)O[C@@H]2C(=O)O)O[C@H](COS(=O)(=O)O)[C@@H](O)[C@@H]1O. The van der Waals surface area contributed by atoms with Gasteiger partial charge in [0.25, 0.3) is 0 Å². The molecule has 19 N–H and O–H groups in total. The summed E-state index contributed by atoms with van der Waals surface area (Å²) in [6.07, 6.45) is -56.3. The molecule has 0 aliphatic carbocycles. The summed E-state index contributed by atoms with van der Waals surface area (Å²) >= 11 is 0. The Labute approximate surface area is 414 Å². The van der Waals surface area contributed by atoms with Gasteiger partial charge in [-0.25, -0.2) is 26.3 Å². The van der Waals surface area contributed by atoms with Crippen molar-refractivity contribution in [1.82, 2.24) is 0 Å². The van der Waals surface area contributed by atoms with Gasteiger partial charge < -0.3 is 110 Å². The van der Waals surface area contributed by atoms with E-state index in [0.717, 1.165) is 0 Å². The minimum absolute atomic E-state index is 1.21. The molecular weight excluding hydrogens is 1120 g/mol. The molecule has 40 nitrogen and oxygen atoms in total. The zero-order valence-corrected chi connectivity index (χ0v) is 39.7. The first-order valence-corrected chi connectivity index (χ1v) is 25.9. The average Bonchev–Trinajstić information content (AvgIpc) is 3.27. The topological polar surface area (TPSA) is 646 Å². The second-order valence-electron chi connectivity index (χ2n) is 16.2. The third-order valence-electron chi connectivity index (χ3n) is 11.2. The normalized spacial score (nSPS) is 43.9. The number of hydrogen-bond donors (Lipinski definition) is 17. The van der Waals surface area contributed by atoms with E-state index in [1.807, 2.05) is 0 Å². The van der Waals surface area contributed by atoms with Crippen LogP contribution in [0.3, 0.4) is 0 Å². The Morgan fingerprint density at radius 2 is 0.838 bits per heavy atom. The molecule has 0 aromatic carbocycles. The molecule has 5 saturated heterocycles. The van der Waals surface area contributed by atoms with Gasteiger partial charge in [-0.3, -0.25) is 18.2 Å². The van der Waals surface area contributed by atoms with Crippen LogP contribution in [0.5, 0.6) is 0 Å². The maximum Gasteiger partial charge on any atom is 0.397 e. The summed E-state index contributed by atoms with van der Waals surface area (Å²) in [5.41, 5.74) is 12.0. The molecule has 5 rings (SSSR count). The van der Waals surface area contributed by atoms with Gasteiger partial charge >= 0.3 is 53.5 Å². The third-order valence-corrected chi connectivity index (χ3v) is 13.1. The van der Waals surface area contributed by atoms with Crippen LogP contribution in [0, 0.1) is 0 Å². The minimum atomic E-state index is -5.86. The van der Waals surface area contributed by atoms with Crippen molar-refractivity contribution in [3.8, 4) is 0 Å². The highest BCUT2D eigenvalue weighted by Gasteiger charge is 2.60. The molecule has 0 radical (unpaired) electrons. The lowest BCUT2D eigenvalue weighted by atomic mass is 9.94. The highest BCUT2D eigenvalue weighted by Crippen LogP contribution is 2.37. The molecule has 5 heterocycles. The fourth-order valence-corrected chi connectivity index (χ4v) is 9.72. The zero-order chi connectivity index (χ0) is 55.9. The van der Waals surface area contributed by atoms with Crippen LogP contribution in [0.15, 0.2) is 0 Å². The van der Waals surface area contributed by atoms with E-state index in [0.29, 0.717) is 0 Å². The van der Waals surface area contributed by atoms with E-state index in [4.69, 9.17) is 58.7 Å². The van der Waals surface area contributed by atoms with Crippen molar-refractivity contribution in [2.75, 3.05) is 19.8 Å². The standard InChI is InChI=1S/C30H50N2O38S4/c31-7-10(36)9(35)6(3-58-71(46,47)48)61-27(7)64-18-11(37)12(38)29(66-22(18)24(41)42)62-15-5(2-34)60-28(8(32)17(15)68-72(49,50)51)65-19-13(39)21(70-74(55,56)57)30(67-23(19)25(43)44)63-16-4(1-33)59-26(45)14(40)20(16)69-73(52,53)54/h4-23,26-30,33-40,45H,1-3,31-32H2,(H,41,42)(H,43,44)(H,46,47,48)(H,49,50,51)(H,52,53,54)(H,55,56,57)/t4-,5-,6-,7-,8-,9-,10-,11-,12-,13+,14-,15-,16-,17-,18+,19+,20-,21-,22+,23-,26+,27-,28-,29-,30-/m1/s1. The number of carboxylic acids is 2. The molecule has 0 spiro atoms. The first-order valence-electron chi connectivity index (χ1n) is 20.4. The summed E-state index contributed by atoms with van der Waals surface area (Å²) in [7, 11) is -22.5. The summed E-state index contributed by atoms with van der Waals surface area (Å²) < 4.78 is 197. The minimum Gasteiger partial charge on any atom is -0.479 e. The molecule has 0 unspecified atom stereocenters. The van der Waals surface area contributed by atoms with Gasteiger partial charge in [0.1, 0.15) is 91.6 Å². The van der Waals surface area contributed by atoms with E-state index in [-0.39, 0.29) is 0 Å². The Kier molecular flexibility index (Phi) is 20.5. The lowest BCUT2D eigenvalue weighted by Gasteiger charge is -2.49. The predicted octanol–water partition coefficient (Wildman–Crippen LogP) is -12.5. The highest BCUT2D eigenvalue weighted by atomic mass is 32.3. The maximum atomic E-state index is 12.7. The molecule has 0 amide bonds. The number of aliphatic hydroxyl groups excluding tert-OH is 9. The molecule has 0 bridgehead atoms. The summed E-state index contributed by atoms with van der Waals surface area (Å²) in [5, 5.41) is 115. The summed E-state index contributed by atoms with van der Waals surface area (Å²) in [4.78, 5) is 25.2. The smallest absolute Gasteiger partial charge is 0.397 e. The van der Waals surface area contributed by atoms with Crippen molar-refractivity contribution in [3.63, 3.8) is 0 Å². The molecule has 0 aromatic heterocycles. The first-order chi connectivity index (χ1) is 34.0. The van der Waals surface area contributed by atoms with Gasteiger partial charge in [0.05, 0.1) is 31.9 Å². The van der Waals surface area contributed by atoms with Crippen LogP contribution in [0.2, 0.25) is 0 Å². The average molecular weight is 1170 g/mol. The molecule has 0 aromatic rings. The first kappa shape index (κ1) is 62.5. The lowest BCUT2D eigenvalue weighted by molar-refractivity contribution is -0.373. The van der Waals surface area contributed by atoms with Gasteiger partial charge in [-0.2, -0.15) is 33.7 Å². The number of carbonyl (C=O) groups is 2. The predicted molar refractivity (Wildman–Crippen MR) is 213 cm³/mol. The molecule has 44 heteroatoms. The van der Waals surface area contributed by atoms with E-state index < -0.39 is 227 Å². The van der Waals surface area contributed by atoms with E-state index in [2.05, 4.69) is 16.7 Å². The van der Waals surface area contributed by atoms with Crippen molar-refractivity contribution in [1.29, 1.82) is 0 Å². The zero-order valence-electron chi connectivity index (χ0n) is 36.4. The summed E-state index contributed by atoms with van der Waals surface area (Å²) in [5.74, 6) is -4.27. The van der Waals surface area contributed by atoms with E-state index in [9.17, 15) is 113 Å². The van der Waals surface area contributed by atoms with Crippen molar-refractivity contribution < 1.29 is 177 Å². The van der Waals surface area contributed by atoms with Crippen LogP contribution >= 0.6 is 0 Å². The number of ether oxygens (including phenoxy) is 9. The van der Waals surface area contributed by atoms with E-state index in [1.165, 1.54) is 0 Å². The number of carboxylic acid groups (broad SMARTS) is 2. The van der Waals surface area contributed by atoms with Crippen LogP contribution in [-0.4, -0.2) is 293 Å². The third kappa shape index (κ3) is 15.2. The van der Waals surface area contributed by atoms with Crippen LogP contribution < -0.4 is 11.5 Å². The molecule has 25 atom stereocenters. The maximum absolute atomic E-state index is 12.7. The second-order valence-corrected chi connectivity index (χ2v) is 20.5. The Hall–Kier alpha value is -2.38. The quantitative estimate of drug-likeness (QED) is 0.0475. The van der Waals surface area contributed by atoms with Crippen LogP contribution in [0.25, 0.3) is 0 Å². The molecule has 74 heavy (non-hydrogen) atoms. The number of aliphatic carboxylic acids is 2. The van der Waals surface area contributed by atoms with Crippen LogP contribution in [-0.2, 0) is 111 Å². The van der Waals surface area contributed by atoms with Crippen molar-refractivity contribution in [2.45, 2.75) is 153 Å². The Balaban J connectivity index is 1.42. The molecule has 432 valence electrons. The molecule has 5 aliphatic rings. The fourth-order valence-electron chi connectivity index (χ4n) is 7.90. The van der Waals surface area contributed by atoms with Gasteiger partial charge in [0.2, 0.25) is 0 Å². The number of nitrogens with two attached hydrogens (primary N) is 2. The Morgan fingerprint density at radius 1 is 0.419 bits per heavy atom. The van der Waals surface area contributed by atoms with Gasteiger partial charge in [-0.05, 0) is 0 Å². The van der Waals surface area contributed by atoms with Gasteiger partial charge in [-0.1, -0.05) is 0 Å². The van der Waals surface area contributed by atoms with Crippen LogP contribution in [0.4, 0.5) is 0 Å². The van der Waals surface area contributed by atoms with Gasteiger partial charge in [-0.15, -0.1) is 0 Å². The monoisotopic (exact) mass is 1170 g/mol. The molecule has 0 saturated carbocycles. The second kappa shape index (κ2) is 24.3. The van der Waals surface area contributed by atoms with Gasteiger partial charge in [0.15, 0.2) is 49.8 Å². The molecule has 5 aliphatic heterocycles. The molecule has 5 fully saturated rings. The largest absolute Gasteiger partial charge is 0.479 e. The van der Waals surface area contributed by atoms with E-state index in [1.54, 1.807) is 0 Å². The fraction of sp³-hybridized carbons (Fsp3) is 0.933. The number of hydrogen-bond acceptors (Lipinski definition) is 34. The lowest BCUT2D eigenvalue weighted by Crippen LogP contribution is -2.70. The van der Waals surface area contributed by atoms with Crippen molar-refractivity contribution in [2.24, 2.45) is 11.5 Å². The number of aliphatic hydroxyl groups is 9. The highest BCUT2D eigenvalue weighted by molar-refractivity contribution is 7.81. The summed E-state index contributed by atoms with van der Waals surface area (Å²) in [6, 6.07) is -4.24. The number of rotatable bonds is 21. The molecular formula is C30H50N2O38S4.